The van der Waals surface area contributed by atoms with E-state index in [4.69, 9.17) is 16.3 Å². The van der Waals surface area contributed by atoms with Gasteiger partial charge in [0.1, 0.15) is 0 Å². The van der Waals surface area contributed by atoms with Crippen molar-refractivity contribution >= 4 is 49.2 Å². The van der Waals surface area contributed by atoms with Crippen molar-refractivity contribution in [2.24, 2.45) is 5.92 Å². The van der Waals surface area contributed by atoms with Crippen molar-refractivity contribution in [3.8, 4) is 0 Å². The number of hydrogen-bond acceptors (Lipinski definition) is 5. The van der Waals surface area contributed by atoms with Gasteiger partial charge in [0, 0.05) is 35.3 Å². The molecule has 1 heterocycles. The van der Waals surface area contributed by atoms with Crippen LogP contribution in [0.1, 0.15) is 25.0 Å². The molecule has 172 valence electrons. The van der Waals surface area contributed by atoms with Crippen molar-refractivity contribution < 1.29 is 17.9 Å². The molecule has 1 aliphatic carbocycles. The summed E-state index contributed by atoms with van der Waals surface area (Å²) in [6.45, 7) is 5.01. The van der Waals surface area contributed by atoms with E-state index >= 15 is 0 Å². The molecule has 0 unspecified atom stereocenters. The predicted octanol–water partition coefficient (Wildman–Crippen LogP) is 4.28. The van der Waals surface area contributed by atoms with Crippen LogP contribution in [0.5, 0.6) is 0 Å². The van der Waals surface area contributed by atoms with Crippen LogP contribution in [0.4, 0.5) is 5.69 Å². The lowest BCUT2D eigenvalue weighted by Crippen LogP contribution is -2.58. The molecule has 2 aromatic carbocycles. The second-order valence-corrected chi connectivity index (χ2v) is 11.6. The number of anilines is 1. The maximum absolute atomic E-state index is 13.8. The molecule has 0 aromatic heterocycles. The Morgan fingerprint density at radius 3 is 2.44 bits per heavy atom. The molecule has 0 bridgehead atoms. The first-order chi connectivity index (χ1) is 15.1. The number of halogens is 2. The fourth-order valence-corrected chi connectivity index (χ4v) is 7.55. The van der Waals surface area contributed by atoms with Crippen LogP contribution < -0.4 is 4.90 Å². The van der Waals surface area contributed by atoms with E-state index in [0.29, 0.717) is 35.8 Å². The first kappa shape index (κ1) is 23.5. The smallest absolute Gasteiger partial charge is 0.309 e. The van der Waals surface area contributed by atoms with Gasteiger partial charge in [0.25, 0.3) is 0 Å². The summed E-state index contributed by atoms with van der Waals surface area (Å²) < 4.78 is 35.0. The van der Waals surface area contributed by atoms with Gasteiger partial charge in [-0.2, -0.15) is 4.31 Å². The molecular weight excluding hydrogens is 516 g/mol. The van der Waals surface area contributed by atoms with Crippen LogP contribution in [-0.4, -0.2) is 51.0 Å². The average Bonchev–Trinajstić information content (AvgIpc) is 3.18. The van der Waals surface area contributed by atoms with Crippen LogP contribution in [0.25, 0.3) is 0 Å². The lowest BCUT2D eigenvalue weighted by Gasteiger charge is -2.44. The van der Waals surface area contributed by atoms with E-state index in [0.717, 1.165) is 21.3 Å². The highest BCUT2D eigenvalue weighted by Crippen LogP contribution is 2.36. The maximum atomic E-state index is 13.8. The number of piperazine rings is 1. The topological polar surface area (TPSA) is 66.9 Å². The summed E-state index contributed by atoms with van der Waals surface area (Å²) in [4.78, 5) is 14.6. The number of methoxy groups -OCH3 is 1. The van der Waals surface area contributed by atoms with Gasteiger partial charge in [0.15, 0.2) is 0 Å². The lowest BCUT2D eigenvalue weighted by molar-refractivity contribution is -0.145. The molecule has 2 aliphatic rings. The third kappa shape index (κ3) is 4.18. The van der Waals surface area contributed by atoms with Crippen molar-refractivity contribution in [3.05, 3.63) is 57.0 Å². The summed E-state index contributed by atoms with van der Waals surface area (Å²) in [5.74, 6) is -0.629. The number of rotatable bonds is 4. The number of ether oxygens (including phenoxy) is 1. The van der Waals surface area contributed by atoms with Gasteiger partial charge in [-0.1, -0.05) is 23.7 Å². The number of fused-ring (bicyclic) bond motifs is 1. The quantitative estimate of drug-likeness (QED) is 0.541. The Kier molecular flexibility index (Phi) is 6.60. The fourth-order valence-electron chi connectivity index (χ4n) is 4.98. The van der Waals surface area contributed by atoms with Crippen LogP contribution in [0, 0.1) is 5.92 Å². The number of esters is 1. The highest BCUT2D eigenvalue weighted by Gasteiger charge is 2.41. The molecule has 0 spiro atoms. The molecular formula is C23H26BrClN2O4S. The van der Waals surface area contributed by atoms with Gasteiger partial charge in [0.05, 0.1) is 22.9 Å². The fraction of sp³-hybridized carbons (Fsp3) is 0.435. The van der Waals surface area contributed by atoms with Gasteiger partial charge in [0.2, 0.25) is 10.0 Å². The summed E-state index contributed by atoms with van der Waals surface area (Å²) in [6, 6.07) is 10.6. The molecule has 0 radical (unpaired) electrons. The van der Waals surface area contributed by atoms with Gasteiger partial charge in [-0.25, -0.2) is 8.42 Å². The van der Waals surface area contributed by atoms with Crippen molar-refractivity contribution in [3.63, 3.8) is 0 Å². The van der Waals surface area contributed by atoms with Crippen molar-refractivity contribution in [2.75, 3.05) is 25.1 Å². The van der Waals surface area contributed by atoms with Gasteiger partial charge < -0.3 is 9.64 Å². The van der Waals surface area contributed by atoms with Crippen LogP contribution in [0.3, 0.4) is 0 Å². The SMILES string of the molecule is COC(=O)[C@@H]1Cc2cccc(S(=O)(=O)N3[C@H](C)CN(c4ccc(Cl)c(Br)c4)C[C@@H]3C)c2C1. The molecule has 2 aromatic rings. The molecule has 1 aliphatic heterocycles. The van der Waals surface area contributed by atoms with Crippen LogP contribution in [0.2, 0.25) is 5.02 Å². The Bertz CT molecular complexity index is 1140. The maximum Gasteiger partial charge on any atom is 0.309 e. The minimum atomic E-state index is -3.74. The summed E-state index contributed by atoms with van der Waals surface area (Å²) in [5, 5.41) is 0.638. The van der Waals surface area contributed by atoms with Crippen LogP contribution in [0.15, 0.2) is 45.8 Å². The van der Waals surface area contributed by atoms with Gasteiger partial charge in [-0.15, -0.1) is 0 Å². The molecule has 0 N–H and O–H groups in total. The highest BCUT2D eigenvalue weighted by atomic mass is 79.9. The zero-order valence-electron chi connectivity index (χ0n) is 18.2. The number of sulfonamides is 1. The third-order valence-corrected chi connectivity index (χ3v) is 9.77. The molecule has 0 amide bonds. The van der Waals surface area contributed by atoms with Crippen molar-refractivity contribution in [1.29, 1.82) is 0 Å². The standard InChI is InChI=1S/C23H26BrClN2O4S/c1-14-12-26(18-7-8-21(25)20(24)11-18)13-15(2)27(14)32(29,30)22-6-4-5-16-9-17(10-19(16)22)23(28)31-3/h4-8,11,14-15,17H,9-10,12-13H2,1-3H3/t14-,15+,17-/m1/s1. The monoisotopic (exact) mass is 540 g/mol. The molecule has 0 saturated carbocycles. The number of carbonyl (C=O) groups excluding carboxylic acids is 1. The molecule has 9 heteroatoms. The van der Waals surface area contributed by atoms with E-state index < -0.39 is 10.0 Å². The molecule has 1 fully saturated rings. The minimum Gasteiger partial charge on any atom is -0.469 e. The largest absolute Gasteiger partial charge is 0.469 e. The molecule has 4 rings (SSSR count). The van der Waals surface area contributed by atoms with E-state index in [1.54, 1.807) is 16.4 Å². The predicted molar refractivity (Wildman–Crippen MR) is 129 cm³/mol. The summed E-state index contributed by atoms with van der Waals surface area (Å²) >= 11 is 9.60. The number of nitrogens with zero attached hydrogens (tertiary/aromatic N) is 2. The van der Waals surface area contributed by atoms with Crippen molar-refractivity contribution in [2.45, 2.75) is 43.7 Å². The Morgan fingerprint density at radius 2 is 1.81 bits per heavy atom. The number of carbonyl (C=O) groups is 1. The van der Waals surface area contributed by atoms with Crippen LogP contribution in [-0.2, 0) is 32.4 Å². The minimum absolute atomic E-state index is 0.230. The van der Waals surface area contributed by atoms with Gasteiger partial charge in [-0.3, -0.25) is 4.79 Å². The normalized spacial score (nSPS) is 23.8. The van der Waals surface area contributed by atoms with E-state index in [-0.39, 0.29) is 24.0 Å². The van der Waals surface area contributed by atoms with Gasteiger partial charge in [-0.05, 0) is 78.0 Å². The van der Waals surface area contributed by atoms with E-state index in [9.17, 15) is 13.2 Å². The Balaban J connectivity index is 1.62. The van der Waals surface area contributed by atoms with E-state index in [1.807, 2.05) is 38.1 Å². The summed E-state index contributed by atoms with van der Waals surface area (Å²) in [7, 11) is -2.37. The summed E-state index contributed by atoms with van der Waals surface area (Å²) in [5.41, 5.74) is 2.65. The molecule has 6 nitrogen and oxygen atoms in total. The first-order valence-corrected chi connectivity index (χ1v) is 13.2. The van der Waals surface area contributed by atoms with Crippen LogP contribution >= 0.6 is 27.5 Å². The first-order valence-electron chi connectivity index (χ1n) is 10.6. The van der Waals surface area contributed by atoms with E-state index in [1.165, 1.54) is 7.11 Å². The molecule has 3 atom stereocenters. The number of hydrogen-bond donors (Lipinski definition) is 0. The number of benzene rings is 2. The zero-order chi connectivity index (χ0) is 23.2. The lowest BCUT2D eigenvalue weighted by atomic mass is 10.1. The van der Waals surface area contributed by atoms with Crippen molar-refractivity contribution in [1.82, 2.24) is 4.31 Å². The Labute approximate surface area is 202 Å². The second-order valence-electron chi connectivity index (χ2n) is 8.56. The Hall–Kier alpha value is -1.61. The second kappa shape index (κ2) is 8.97. The third-order valence-electron chi connectivity index (χ3n) is 6.34. The summed E-state index contributed by atoms with van der Waals surface area (Å²) in [6.07, 6.45) is 0.897. The molecule has 1 saturated heterocycles. The highest BCUT2D eigenvalue weighted by molar-refractivity contribution is 9.10. The van der Waals surface area contributed by atoms with E-state index in [2.05, 4.69) is 20.8 Å². The molecule has 32 heavy (non-hydrogen) atoms. The average molecular weight is 542 g/mol. The van der Waals surface area contributed by atoms with Gasteiger partial charge >= 0.3 is 5.97 Å². The Morgan fingerprint density at radius 1 is 1.12 bits per heavy atom. The zero-order valence-corrected chi connectivity index (χ0v) is 21.4.